The average molecular weight is 355 g/mol. The third kappa shape index (κ3) is 2.67. The van der Waals surface area contributed by atoms with E-state index in [2.05, 4.69) is 40.9 Å². The molecule has 0 aromatic heterocycles. The largest absolute Gasteiger partial charge is 0.486 e. The molecule has 1 fully saturated rings. The van der Waals surface area contributed by atoms with Crippen molar-refractivity contribution < 1.29 is 9.47 Å². The molecular formula is C16H23BrN2O2. The van der Waals surface area contributed by atoms with Gasteiger partial charge >= 0.3 is 0 Å². The topological polar surface area (TPSA) is 47.7 Å². The van der Waals surface area contributed by atoms with Crippen LogP contribution in [0.4, 0.5) is 0 Å². The number of fused-ring (bicyclic) bond motifs is 1. The van der Waals surface area contributed by atoms with Gasteiger partial charge in [0.1, 0.15) is 13.2 Å². The van der Waals surface area contributed by atoms with Crippen LogP contribution in [-0.2, 0) is 6.42 Å². The summed E-state index contributed by atoms with van der Waals surface area (Å²) in [7, 11) is 2.18. The second-order valence-electron chi connectivity index (χ2n) is 5.93. The number of halogens is 1. The zero-order chi connectivity index (χ0) is 15.0. The summed E-state index contributed by atoms with van der Waals surface area (Å²) in [6.45, 7) is 5.25. The first-order valence-corrected chi connectivity index (χ1v) is 8.46. The fourth-order valence-corrected chi connectivity index (χ4v) is 4.08. The van der Waals surface area contributed by atoms with Gasteiger partial charge in [0.2, 0.25) is 0 Å². The van der Waals surface area contributed by atoms with Crippen molar-refractivity contribution in [2.45, 2.75) is 25.8 Å². The van der Waals surface area contributed by atoms with Crippen molar-refractivity contribution in [3.63, 3.8) is 0 Å². The van der Waals surface area contributed by atoms with E-state index in [1.807, 2.05) is 0 Å². The standard InChI is InChI=1S/C16H23BrN2O2/c1-3-11-12(14-6-10(8-18)9-19(14)2)7-13(17)16-15(11)20-4-5-21-16/h7,10,14H,3-6,8-9,18H2,1-2H3. The van der Waals surface area contributed by atoms with Crippen molar-refractivity contribution in [2.24, 2.45) is 11.7 Å². The Morgan fingerprint density at radius 3 is 2.67 bits per heavy atom. The smallest absolute Gasteiger partial charge is 0.175 e. The SMILES string of the molecule is CCc1c(C2CC(CN)CN2C)cc(Br)c2c1OCCO2. The van der Waals surface area contributed by atoms with E-state index in [4.69, 9.17) is 15.2 Å². The number of hydrogen-bond acceptors (Lipinski definition) is 4. The van der Waals surface area contributed by atoms with Crippen LogP contribution < -0.4 is 15.2 Å². The Morgan fingerprint density at radius 2 is 2.05 bits per heavy atom. The van der Waals surface area contributed by atoms with E-state index in [1.165, 1.54) is 11.1 Å². The molecule has 0 amide bonds. The van der Waals surface area contributed by atoms with Gasteiger partial charge in [0.15, 0.2) is 11.5 Å². The van der Waals surface area contributed by atoms with Gasteiger partial charge in [-0.1, -0.05) is 6.92 Å². The fraction of sp³-hybridized carbons (Fsp3) is 0.625. The Labute approximate surface area is 134 Å². The summed E-state index contributed by atoms with van der Waals surface area (Å²) < 4.78 is 12.7. The number of nitrogens with zero attached hydrogens (tertiary/aromatic N) is 1. The summed E-state index contributed by atoms with van der Waals surface area (Å²) in [6, 6.07) is 2.63. The Hall–Kier alpha value is -0.780. The molecule has 2 aliphatic rings. The molecule has 2 aliphatic heterocycles. The number of ether oxygens (including phenoxy) is 2. The summed E-state index contributed by atoms with van der Waals surface area (Å²) in [4.78, 5) is 2.41. The number of rotatable bonds is 3. The highest BCUT2D eigenvalue weighted by Crippen LogP contribution is 2.46. The van der Waals surface area contributed by atoms with Gasteiger partial charge in [-0.15, -0.1) is 0 Å². The van der Waals surface area contributed by atoms with Crippen LogP contribution >= 0.6 is 15.9 Å². The van der Waals surface area contributed by atoms with Gasteiger partial charge in [0, 0.05) is 18.2 Å². The maximum absolute atomic E-state index is 5.92. The first-order chi connectivity index (χ1) is 10.2. The number of benzene rings is 1. The highest BCUT2D eigenvalue weighted by atomic mass is 79.9. The van der Waals surface area contributed by atoms with E-state index in [-0.39, 0.29) is 0 Å². The monoisotopic (exact) mass is 354 g/mol. The van der Waals surface area contributed by atoms with Crippen LogP contribution in [0.25, 0.3) is 0 Å². The highest BCUT2D eigenvalue weighted by molar-refractivity contribution is 9.10. The predicted molar refractivity (Wildman–Crippen MR) is 87.0 cm³/mol. The van der Waals surface area contributed by atoms with Crippen LogP contribution in [0.15, 0.2) is 10.5 Å². The van der Waals surface area contributed by atoms with Gasteiger partial charge in [-0.2, -0.15) is 0 Å². The van der Waals surface area contributed by atoms with Gasteiger partial charge in [-0.3, -0.25) is 4.90 Å². The van der Waals surface area contributed by atoms with Gasteiger partial charge in [0.25, 0.3) is 0 Å². The highest BCUT2D eigenvalue weighted by Gasteiger charge is 2.33. The number of likely N-dealkylation sites (tertiary alicyclic amines) is 1. The quantitative estimate of drug-likeness (QED) is 0.906. The van der Waals surface area contributed by atoms with E-state index in [0.29, 0.717) is 25.2 Å². The second kappa shape index (κ2) is 6.15. The van der Waals surface area contributed by atoms with Crippen LogP contribution in [-0.4, -0.2) is 38.3 Å². The molecule has 0 saturated carbocycles. The molecule has 116 valence electrons. The minimum absolute atomic E-state index is 0.417. The third-order valence-electron chi connectivity index (χ3n) is 4.58. The summed E-state index contributed by atoms with van der Waals surface area (Å²) in [5, 5.41) is 0. The normalized spacial score (nSPS) is 25.3. The third-order valence-corrected chi connectivity index (χ3v) is 5.17. The van der Waals surface area contributed by atoms with E-state index >= 15 is 0 Å². The zero-order valence-electron chi connectivity index (χ0n) is 12.7. The van der Waals surface area contributed by atoms with Crippen molar-refractivity contribution in [3.8, 4) is 11.5 Å². The molecule has 4 nitrogen and oxygen atoms in total. The molecule has 5 heteroatoms. The first kappa shape index (κ1) is 15.1. The minimum Gasteiger partial charge on any atom is -0.486 e. The maximum atomic E-state index is 5.92. The lowest BCUT2D eigenvalue weighted by molar-refractivity contribution is 0.168. The van der Waals surface area contributed by atoms with Crippen molar-refractivity contribution >= 4 is 15.9 Å². The average Bonchev–Trinajstić information content (AvgIpc) is 2.88. The van der Waals surface area contributed by atoms with Crippen LogP contribution in [0.2, 0.25) is 0 Å². The lowest BCUT2D eigenvalue weighted by Gasteiger charge is -2.28. The molecule has 1 aromatic rings. The van der Waals surface area contributed by atoms with Gasteiger partial charge in [-0.25, -0.2) is 0 Å². The van der Waals surface area contributed by atoms with E-state index in [1.54, 1.807) is 0 Å². The zero-order valence-corrected chi connectivity index (χ0v) is 14.3. The molecule has 0 spiro atoms. The molecule has 0 bridgehead atoms. The second-order valence-corrected chi connectivity index (χ2v) is 6.78. The fourth-order valence-electron chi connectivity index (χ4n) is 3.54. The summed E-state index contributed by atoms with van der Waals surface area (Å²) in [5.41, 5.74) is 8.50. The molecule has 0 radical (unpaired) electrons. The van der Waals surface area contributed by atoms with E-state index in [9.17, 15) is 0 Å². The molecular weight excluding hydrogens is 332 g/mol. The van der Waals surface area contributed by atoms with E-state index in [0.717, 1.165) is 41.9 Å². The lowest BCUT2D eigenvalue weighted by Crippen LogP contribution is -2.22. The first-order valence-electron chi connectivity index (χ1n) is 7.66. The summed E-state index contributed by atoms with van der Waals surface area (Å²) in [5.74, 6) is 2.37. The molecule has 2 heterocycles. The molecule has 21 heavy (non-hydrogen) atoms. The van der Waals surface area contributed by atoms with Gasteiger partial charge < -0.3 is 15.2 Å². The van der Waals surface area contributed by atoms with Crippen molar-refractivity contribution in [2.75, 3.05) is 33.4 Å². The van der Waals surface area contributed by atoms with Gasteiger partial charge in [-0.05, 0) is 59.9 Å². The minimum atomic E-state index is 0.417. The number of nitrogens with two attached hydrogens (primary N) is 1. The van der Waals surface area contributed by atoms with E-state index < -0.39 is 0 Å². The summed E-state index contributed by atoms with van der Waals surface area (Å²) >= 11 is 3.65. The van der Waals surface area contributed by atoms with Crippen LogP contribution in [0.3, 0.4) is 0 Å². The van der Waals surface area contributed by atoms with Crippen LogP contribution in [0.5, 0.6) is 11.5 Å². The maximum Gasteiger partial charge on any atom is 0.175 e. The van der Waals surface area contributed by atoms with Crippen LogP contribution in [0.1, 0.15) is 30.5 Å². The molecule has 2 N–H and O–H groups in total. The van der Waals surface area contributed by atoms with Crippen LogP contribution in [0, 0.1) is 5.92 Å². The Bertz CT molecular complexity index is 535. The molecule has 0 aliphatic carbocycles. The van der Waals surface area contributed by atoms with Gasteiger partial charge in [0.05, 0.1) is 4.47 Å². The Kier molecular flexibility index (Phi) is 4.43. The lowest BCUT2D eigenvalue weighted by atomic mass is 9.93. The van der Waals surface area contributed by atoms with Crippen molar-refractivity contribution in [1.29, 1.82) is 0 Å². The molecule has 1 aromatic carbocycles. The van der Waals surface area contributed by atoms with Crippen molar-refractivity contribution in [1.82, 2.24) is 4.90 Å². The molecule has 3 rings (SSSR count). The van der Waals surface area contributed by atoms with Crippen molar-refractivity contribution in [3.05, 3.63) is 21.7 Å². The Balaban J connectivity index is 2.04. The molecule has 1 saturated heterocycles. The molecule has 2 atom stereocenters. The predicted octanol–water partition coefficient (Wildman–Crippen LogP) is 2.73. The Morgan fingerprint density at radius 1 is 1.33 bits per heavy atom. The number of hydrogen-bond donors (Lipinski definition) is 1. The molecule has 2 unspecified atom stereocenters. The summed E-state index contributed by atoms with van der Waals surface area (Å²) in [6.07, 6.45) is 2.07.